The Balaban J connectivity index is 4.24. The molecule has 0 aliphatic rings. The van der Waals surface area contributed by atoms with Crippen molar-refractivity contribution >= 4 is 29.5 Å². The molecule has 1 atom stereocenters. The molecular formula is C8H12Cl2O2. The highest BCUT2D eigenvalue weighted by molar-refractivity contribution is 6.55. The summed E-state index contributed by atoms with van der Waals surface area (Å²) in [7, 11) is 0. The van der Waals surface area contributed by atoms with E-state index in [-0.39, 0.29) is 4.49 Å². The zero-order valence-electron chi connectivity index (χ0n) is 7.14. The lowest BCUT2D eigenvalue weighted by Gasteiger charge is -2.17. The van der Waals surface area contributed by atoms with E-state index in [0.717, 1.165) is 6.29 Å². The first kappa shape index (κ1) is 11.9. The van der Waals surface area contributed by atoms with E-state index in [1.54, 1.807) is 6.92 Å². The predicted molar refractivity (Wildman–Crippen MR) is 50.5 cm³/mol. The van der Waals surface area contributed by atoms with Crippen molar-refractivity contribution in [2.24, 2.45) is 5.41 Å². The first-order valence-electron chi connectivity index (χ1n) is 3.62. The third-order valence-electron chi connectivity index (χ3n) is 1.33. The van der Waals surface area contributed by atoms with Crippen LogP contribution in [0.15, 0.2) is 10.6 Å². The van der Waals surface area contributed by atoms with Gasteiger partial charge in [-0.2, -0.15) is 0 Å². The van der Waals surface area contributed by atoms with Crippen molar-refractivity contribution in [1.82, 2.24) is 0 Å². The number of carbonyl (C=O) groups is 1. The van der Waals surface area contributed by atoms with Crippen LogP contribution in [0.2, 0.25) is 0 Å². The molecule has 2 nitrogen and oxygen atoms in total. The molecule has 0 fully saturated rings. The molecule has 4 heteroatoms. The van der Waals surface area contributed by atoms with Gasteiger partial charge in [0.25, 0.3) is 0 Å². The summed E-state index contributed by atoms with van der Waals surface area (Å²) in [6, 6.07) is 0. The van der Waals surface area contributed by atoms with E-state index >= 15 is 0 Å². The SMILES string of the molecule is CCOCC(C)(C=O)C=C(Cl)Cl. The Morgan fingerprint density at radius 2 is 2.17 bits per heavy atom. The van der Waals surface area contributed by atoms with Crippen LogP contribution in [0.1, 0.15) is 13.8 Å². The Labute approximate surface area is 82.5 Å². The van der Waals surface area contributed by atoms with E-state index in [0.29, 0.717) is 13.2 Å². The summed E-state index contributed by atoms with van der Waals surface area (Å²) >= 11 is 10.9. The smallest absolute Gasteiger partial charge is 0.132 e. The van der Waals surface area contributed by atoms with Crippen molar-refractivity contribution in [3.05, 3.63) is 10.6 Å². The zero-order chi connectivity index (χ0) is 9.61. The Hall–Kier alpha value is -0.0500. The second kappa shape index (κ2) is 5.57. The van der Waals surface area contributed by atoms with Crippen molar-refractivity contribution in [2.75, 3.05) is 13.2 Å². The third kappa shape index (κ3) is 4.75. The van der Waals surface area contributed by atoms with E-state index in [9.17, 15) is 4.79 Å². The van der Waals surface area contributed by atoms with E-state index in [1.165, 1.54) is 6.08 Å². The predicted octanol–water partition coefficient (Wildman–Crippen LogP) is 2.55. The van der Waals surface area contributed by atoms with Gasteiger partial charge in [-0.15, -0.1) is 0 Å². The zero-order valence-corrected chi connectivity index (χ0v) is 8.65. The van der Waals surface area contributed by atoms with Crippen molar-refractivity contribution in [2.45, 2.75) is 13.8 Å². The second-order valence-corrected chi connectivity index (χ2v) is 3.70. The van der Waals surface area contributed by atoms with Crippen LogP contribution < -0.4 is 0 Å². The van der Waals surface area contributed by atoms with E-state index in [2.05, 4.69) is 0 Å². The number of rotatable bonds is 5. The van der Waals surface area contributed by atoms with Crippen LogP contribution in [0.3, 0.4) is 0 Å². The van der Waals surface area contributed by atoms with Gasteiger partial charge in [0.1, 0.15) is 10.8 Å². The molecule has 0 saturated heterocycles. The molecule has 0 aromatic heterocycles. The number of halogens is 2. The number of hydrogen-bond donors (Lipinski definition) is 0. The molecule has 0 aliphatic carbocycles. The third-order valence-corrected chi connectivity index (χ3v) is 1.54. The summed E-state index contributed by atoms with van der Waals surface area (Å²) in [6.07, 6.45) is 2.24. The lowest BCUT2D eigenvalue weighted by Crippen LogP contribution is -2.22. The van der Waals surface area contributed by atoms with Crippen LogP contribution in [0, 0.1) is 5.41 Å². The first-order valence-corrected chi connectivity index (χ1v) is 4.37. The maximum Gasteiger partial charge on any atom is 0.132 e. The lowest BCUT2D eigenvalue weighted by molar-refractivity contribution is -0.115. The Bertz CT molecular complexity index is 176. The summed E-state index contributed by atoms with van der Waals surface area (Å²) in [5.74, 6) is 0. The van der Waals surface area contributed by atoms with Crippen LogP contribution in [0.25, 0.3) is 0 Å². The molecule has 0 N–H and O–H groups in total. The monoisotopic (exact) mass is 210 g/mol. The van der Waals surface area contributed by atoms with E-state index in [1.807, 2.05) is 6.92 Å². The van der Waals surface area contributed by atoms with Gasteiger partial charge in [-0.25, -0.2) is 0 Å². The van der Waals surface area contributed by atoms with Crippen molar-refractivity contribution < 1.29 is 9.53 Å². The van der Waals surface area contributed by atoms with Gasteiger partial charge < -0.3 is 9.53 Å². The van der Waals surface area contributed by atoms with Gasteiger partial charge in [0, 0.05) is 6.61 Å². The van der Waals surface area contributed by atoms with Crippen molar-refractivity contribution in [3.63, 3.8) is 0 Å². The highest BCUT2D eigenvalue weighted by Gasteiger charge is 2.21. The average Bonchev–Trinajstić information content (AvgIpc) is 2.00. The van der Waals surface area contributed by atoms with Gasteiger partial charge >= 0.3 is 0 Å². The summed E-state index contributed by atoms with van der Waals surface area (Å²) < 4.78 is 5.18. The Morgan fingerprint density at radius 1 is 1.58 bits per heavy atom. The molecule has 1 unspecified atom stereocenters. The quantitative estimate of drug-likeness (QED) is 0.653. The lowest BCUT2D eigenvalue weighted by atomic mass is 9.94. The summed E-state index contributed by atoms with van der Waals surface area (Å²) in [5.41, 5.74) is -0.713. The van der Waals surface area contributed by atoms with Gasteiger partial charge in [-0.05, 0) is 19.9 Å². The van der Waals surface area contributed by atoms with Crippen LogP contribution in [-0.4, -0.2) is 19.5 Å². The normalized spacial score (nSPS) is 15.0. The fourth-order valence-electron chi connectivity index (χ4n) is 0.681. The minimum absolute atomic E-state index is 0.0873. The van der Waals surface area contributed by atoms with Gasteiger partial charge in [0.2, 0.25) is 0 Å². The molecule has 0 spiro atoms. The van der Waals surface area contributed by atoms with Gasteiger partial charge in [-0.3, -0.25) is 0 Å². The number of carbonyl (C=O) groups excluding carboxylic acids is 1. The highest BCUT2D eigenvalue weighted by Crippen LogP contribution is 2.21. The molecule has 0 radical (unpaired) electrons. The van der Waals surface area contributed by atoms with E-state index in [4.69, 9.17) is 27.9 Å². The molecule has 70 valence electrons. The van der Waals surface area contributed by atoms with E-state index < -0.39 is 5.41 Å². The summed E-state index contributed by atoms with van der Waals surface area (Å²) in [4.78, 5) is 10.6. The molecule has 0 saturated carbocycles. The number of aldehydes is 1. The van der Waals surface area contributed by atoms with Gasteiger partial charge in [0.05, 0.1) is 12.0 Å². The molecule has 0 aromatic rings. The molecule has 0 aliphatic heterocycles. The fourth-order valence-corrected chi connectivity index (χ4v) is 1.18. The van der Waals surface area contributed by atoms with Crippen LogP contribution in [0.4, 0.5) is 0 Å². The molecule has 0 amide bonds. The number of hydrogen-bond acceptors (Lipinski definition) is 2. The Morgan fingerprint density at radius 3 is 2.50 bits per heavy atom. The fraction of sp³-hybridized carbons (Fsp3) is 0.625. The molecule has 0 bridgehead atoms. The maximum absolute atomic E-state index is 10.6. The first-order chi connectivity index (χ1) is 5.54. The maximum atomic E-state index is 10.6. The summed E-state index contributed by atoms with van der Waals surface area (Å²) in [5, 5.41) is 0. The minimum atomic E-state index is -0.713. The standard InChI is InChI=1S/C8H12Cl2O2/c1-3-12-6-8(2,5-11)4-7(9)10/h4-5H,3,6H2,1-2H3. The molecule has 12 heavy (non-hydrogen) atoms. The Kier molecular flexibility index (Phi) is 5.55. The van der Waals surface area contributed by atoms with Crippen LogP contribution >= 0.6 is 23.2 Å². The molecule has 0 heterocycles. The van der Waals surface area contributed by atoms with Gasteiger partial charge in [0.15, 0.2) is 0 Å². The molecule has 0 aromatic carbocycles. The largest absolute Gasteiger partial charge is 0.380 e. The summed E-state index contributed by atoms with van der Waals surface area (Å²) in [6.45, 7) is 4.44. The van der Waals surface area contributed by atoms with Crippen LogP contribution in [0.5, 0.6) is 0 Å². The molecule has 0 rings (SSSR count). The van der Waals surface area contributed by atoms with Crippen molar-refractivity contribution in [3.8, 4) is 0 Å². The highest BCUT2D eigenvalue weighted by atomic mass is 35.5. The topological polar surface area (TPSA) is 26.3 Å². The minimum Gasteiger partial charge on any atom is -0.380 e. The van der Waals surface area contributed by atoms with Crippen molar-refractivity contribution in [1.29, 1.82) is 0 Å². The molecular weight excluding hydrogens is 199 g/mol. The number of ether oxygens (including phenoxy) is 1. The van der Waals surface area contributed by atoms with Crippen LogP contribution in [-0.2, 0) is 9.53 Å². The second-order valence-electron chi connectivity index (χ2n) is 2.69. The van der Waals surface area contributed by atoms with Gasteiger partial charge in [-0.1, -0.05) is 23.2 Å². The average molecular weight is 211 g/mol.